The van der Waals surface area contributed by atoms with Gasteiger partial charge in [-0.05, 0) is 112 Å². The number of carbonyl (C=O) groups is 5. The van der Waals surface area contributed by atoms with Crippen LogP contribution in [0, 0.1) is 17.1 Å². The molecule has 58 heavy (non-hydrogen) atoms. The summed E-state index contributed by atoms with van der Waals surface area (Å²) in [4.78, 5) is 68.2. The van der Waals surface area contributed by atoms with Gasteiger partial charge in [0.05, 0.1) is 33.5 Å². The molecule has 15 heteroatoms. The molecule has 1 saturated carbocycles. The minimum absolute atomic E-state index is 0.0111. The van der Waals surface area contributed by atoms with Crippen LogP contribution in [-0.4, -0.2) is 84.8 Å². The number of primary amides is 1. The molecule has 4 aliphatic heterocycles. The minimum atomic E-state index is -1.11. The summed E-state index contributed by atoms with van der Waals surface area (Å²) in [7, 11) is 0. The first-order valence-corrected chi connectivity index (χ1v) is 20.5. The third kappa shape index (κ3) is 7.85. The Morgan fingerprint density at radius 2 is 1.50 bits per heavy atom. The number of halogens is 2. The number of hydrogen-bond donors (Lipinski definition) is 3. The average Bonchev–Trinajstić information content (AvgIpc) is 3.45. The van der Waals surface area contributed by atoms with Gasteiger partial charge in [0.1, 0.15) is 23.7 Å². The van der Waals surface area contributed by atoms with Crippen molar-refractivity contribution in [2.75, 3.05) is 36.0 Å². The molecule has 4 heterocycles. The molecule has 3 aromatic rings. The molecule has 0 spiro atoms. The van der Waals surface area contributed by atoms with Gasteiger partial charge in [0.2, 0.25) is 17.7 Å². The summed E-state index contributed by atoms with van der Waals surface area (Å²) < 4.78 is 21.7. The summed E-state index contributed by atoms with van der Waals surface area (Å²) in [5, 5.41) is 15.5. The molecule has 4 N–H and O–H groups in total. The highest BCUT2D eigenvalue weighted by atomic mass is 35.5. The molecule has 0 radical (unpaired) electrons. The predicted molar refractivity (Wildman–Crippen MR) is 213 cm³/mol. The molecular weight excluding hydrogens is 765 g/mol. The van der Waals surface area contributed by atoms with Crippen LogP contribution in [0.25, 0.3) is 0 Å². The molecule has 5 amide bonds. The van der Waals surface area contributed by atoms with Crippen molar-refractivity contribution >= 4 is 52.5 Å². The Kier molecular flexibility index (Phi) is 11.1. The number of nitriles is 1. The summed E-state index contributed by atoms with van der Waals surface area (Å²) in [6.45, 7) is 2.83. The fourth-order valence-corrected chi connectivity index (χ4v) is 9.51. The third-order valence-corrected chi connectivity index (χ3v) is 12.8. The zero-order valence-corrected chi connectivity index (χ0v) is 32.7. The topological polar surface area (TPSA) is 178 Å². The Morgan fingerprint density at radius 3 is 2.12 bits per heavy atom. The highest BCUT2D eigenvalue weighted by molar-refractivity contribution is 6.31. The number of nitrogens with two attached hydrogens (primary N) is 1. The summed E-state index contributed by atoms with van der Waals surface area (Å²) in [5.41, 5.74) is 9.14. The van der Waals surface area contributed by atoms with E-state index in [2.05, 4.69) is 27.7 Å². The maximum Gasteiger partial charge on any atom is 0.262 e. The van der Waals surface area contributed by atoms with Crippen molar-refractivity contribution in [3.05, 3.63) is 87.2 Å². The summed E-state index contributed by atoms with van der Waals surface area (Å²) >= 11 is 6.21. The molecule has 3 saturated heterocycles. The van der Waals surface area contributed by atoms with Gasteiger partial charge < -0.3 is 25.6 Å². The zero-order valence-electron chi connectivity index (χ0n) is 32.0. The first kappa shape index (κ1) is 39.3. The number of hydrogen-bond acceptors (Lipinski definition) is 10. The largest absolute Gasteiger partial charge is 0.490 e. The Hall–Kier alpha value is -5.52. The van der Waals surface area contributed by atoms with Crippen LogP contribution in [0.5, 0.6) is 5.75 Å². The molecule has 5 aliphatic rings. The van der Waals surface area contributed by atoms with Crippen LogP contribution in [0.4, 0.5) is 15.8 Å². The molecule has 0 aromatic heterocycles. The molecule has 3 aromatic carbocycles. The van der Waals surface area contributed by atoms with Crippen molar-refractivity contribution in [3.63, 3.8) is 0 Å². The zero-order chi connectivity index (χ0) is 40.7. The highest BCUT2D eigenvalue weighted by Crippen LogP contribution is 2.39. The maximum absolute atomic E-state index is 15.5. The molecule has 4 fully saturated rings. The number of nitrogens with one attached hydrogen (secondary N) is 2. The Morgan fingerprint density at radius 1 is 0.845 bits per heavy atom. The second-order valence-electron chi connectivity index (χ2n) is 16.0. The van der Waals surface area contributed by atoms with E-state index >= 15 is 4.39 Å². The molecule has 302 valence electrons. The van der Waals surface area contributed by atoms with Crippen molar-refractivity contribution in [3.8, 4) is 11.8 Å². The smallest absolute Gasteiger partial charge is 0.262 e. The van der Waals surface area contributed by atoms with E-state index in [1.54, 1.807) is 18.2 Å². The van der Waals surface area contributed by atoms with Gasteiger partial charge in [-0.25, -0.2) is 4.39 Å². The van der Waals surface area contributed by atoms with Crippen LogP contribution < -0.4 is 30.9 Å². The molecule has 13 nitrogen and oxygen atoms in total. The number of imide groups is 2. The second-order valence-corrected chi connectivity index (χ2v) is 16.4. The fraction of sp³-hybridized carbons (Fsp3) is 0.442. The summed E-state index contributed by atoms with van der Waals surface area (Å²) in [5.74, 6) is -2.74. The van der Waals surface area contributed by atoms with Gasteiger partial charge >= 0.3 is 0 Å². The van der Waals surface area contributed by atoms with Crippen LogP contribution >= 0.6 is 11.6 Å². The number of nitrogens with zero attached hydrogens (tertiary/aromatic N) is 4. The van der Waals surface area contributed by atoms with E-state index in [1.165, 1.54) is 6.07 Å². The number of ether oxygens (including phenoxy) is 1. The predicted octanol–water partition coefficient (Wildman–Crippen LogP) is 5.18. The third-order valence-electron chi connectivity index (χ3n) is 12.5. The van der Waals surface area contributed by atoms with Gasteiger partial charge in [-0.2, -0.15) is 5.26 Å². The van der Waals surface area contributed by atoms with E-state index in [-0.39, 0.29) is 47.7 Å². The molecule has 1 atom stereocenters. The standard InChI is InChI=1S/C43H45ClFN7O6/c44-35-20-30(7-3-25(35)23-46)58-29-5-1-24(2-6-29)32-19-28(4-8-31(32)40(47)54)50-15-11-26(12-16-50)48-27-13-17-51(18-14-27)38-22-34-33(21-36(38)45)42(56)52(43(34)57)37-9-10-39(53)49-41(37)55/h3-4,7-8,19-22,24,26-27,29,37,48H,1-2,5-6,9-18H2,(H2,47,54)(H,49,53,55). The molecular formula is C43H45ClFN7O6. The first-order chi connectivity index (χ1) is 28.0. The van der Waals surface area contributed by atoms with Gasteiger partial charge in [-0.15, -0.1) is 0 Å². The molecule has 1 unspecified atom stereocenters. The number of anilines is 2. The highest BCUT2D eigenvalue weighted by Gasteiger charge is 2.45. The number of amides is 5. The molecule has 1 aliphatic carbocycles. The summed E-state index contributed by atoms with van der Waals surface area (Å²) in [6, 6.07) is 15.1. The fourth-order valence-electron chi connectivity index (χ4n) is 9.30. The Balaban J connectivity index is 0.833. The SMILES string of the molecule is N#Cc1ccc(OC2CCC(c3cc(N4CCC(NC5CCN(c6cc7c(cc6F)C(=O)N(C6CCC(=O)NC6=O)C7=O)CC5)CC4)ccc3C(N)=O)CC2)cc1Cl. The van der Waals surface area contributed by atoms with Gasteiger partial charge in [0.25, 0.3) is 11.8 Å². The molecule has 0 bridgehead atoms. The second kappa shape index (κ2) is 16.4. The van der Waals surface area contributed by atoms with Crippen LogP contribution in [0.15, 0.2) is 48.5 Å². The van der Waals surface area contributed by atoms with Gasteiger partial charge in [0, 0.05) is 62.0 Å². The lowest BCUT2D eigenvalue weighted by molar-refractivity contribution is -0.136. The van der Waals surface area contributed by atoms with Crippen LogP contribution in [0.3, 0.4) is 0 Å². The van der Waals surface area contributed by atoms with Crippen LogP contribution in [-0.2, 0) is 9.59 Å². The minimum Gasteiger partial charge on any atom is -0.490 e. The van der Waals surface area contributed by atoms with Crippen molar-refractivity contribution in [2.24, 2.45) is 5.73 Å². The van der Waals surface area contributed by atoms with Crippen molar-refractivity contribution in [1.29, 1.82) is 5.26 Å². The number of rotatable bonds is 9. The number of benzene rings is 3. The average molecular weight is 810 g/mol. The van der Waals surface area contributed by atoms with E-state index in [4.69, 9.17) is 27.3 Å². The van der Waals surface area contributed by atoms with Crippen molar-refractivity contribution in [1.82, 2.24) is 15.5 Å². The van der Waals surface area contributed by atoms with E-state index in [0.29, 0.717) is 41.0 Å². The monoisotopic (exact) mass is 809 g/mol. The van der Waals surface area contributed by atoms with Crippen LogP contribution in [0.1, 0.15) is 112 Å². The first-order valence-electron chi connectivity index (χ1n) is 20.1. The Bertz CT molecular complexity index is 2200. The summed E-state index contributed by atoms with van der Waals surface area (Å²) in [6.07, 6.45) is 6.82. The quantitative estimate of drug-likeness (QED) is 0.244. The maximum atomic E-state index is 15.5. The normalized spacial score (nSPS) is 23.1. The lowest BCUT2D eigenvalue weighted by Crippen LogP contribution is -2.54. The lowest BCUT2D eigenvalue weighted by Gasteiger charge is -2.39. The number of fused-ring (bicyclic) bond motifs is 1. The van der Waals surface area contributed by atoms with Gasteiger partial charge in [-0.1, -0.05) is 11.6 Å². The van der Waals surface area contributed by atoms with Gasteiger partial charge in [0.15, 0.2) is 0 Å². The lowest BCUT2D eigenvalue weighted by atomic mass is 9.80. The van der Waals surface area contributed by atoms with Crippen LogP contribution in [0.2, 0.25) is 5.02 Å². The van der Waals surface area contributed by atoms with Crippen molar-refractivity contribution < 1.29 is 33.1 Å². The van der Waals surface area contributed by atoms with E-state index in [9.17, 15) is 24.0 Å². The van der Waals surface area contributed by atoms with E-state index in [1.807, 2.05) is 17.0 Å². The Labute approximate surface area is 340 Å². The van der Waals surface area contributed by atoms with Gasteiger partial charge in [-0.3, -0.25) is 34.2 Å². The van der Waals surface area contributed by atoms with E-state index in [0.717, 1.165) is 86.7 Å². The van der Waals surface area contributed by atoms with Crippen molar-refractivity contribution in [2.45, 2.75) is 94.4 Å². The van der Waals surface area contributed by atoms with E-state index < -0.39 is 41.4 Å². The molecule has 8 rings (SSSR count). The number of carbonyl (C=O) groups excluding carboxylic acids is 5. The number of piperidine rings is 3.